The molecule has 0 atom stereocenters. The second kappa shape index (κ2) is 10.5. The molecule has 2 aliphatic heterocycles. The Morgan fingerprint density at radius 2 is 1.89 bits per heavy atom. The van der Waals surface area contributed by atoms with E-state index in [0.717, 1.165) is 11.1 Å². The Morgan fingerprint density at radius 1 is 1.14 bits per heavy atom. The molecule has 2 fully saturated rings. The predicted octanol–water partition coefficient (Wildman–Crippen LogP) is 2.77. The van der Waals surface area contributed by atoms with Gasteiger partial charge in [0.15, 0.2) is 18.1 Å². The SMILES string of the molecule is COc1cc(C=C2C(=O)NN(c3ccc(C)c(C)c3)C2=O)cc(Br)c1OCC(=O)N1CCOCC1. The summed E-state index contributed by atoms with van der Waals surface area (Å²) in [6.45, 7) is 5.85. The fourth-order valence-corrected chi connectivity index (χ4v) is 4.35. The number of nitrogens with one attached hydrogen (secondary N) is 1. The molecule has 0 unspecified atom stereocenters. The summed E-state index contributed by atoms with van der Waals surface area (Å²) in [5, 5.41) is 1.24. The second-order valence-electron chi connectivity index (χ2n) is 8.22. The number of hydrazine groups is 1. The topological polar surface area (TPSA) is 97.4 Å². The molecule has 184 valence electrons. The molecule has 0 saturated carbocycles. The molecule has 2 aromatic rings. The standard InChI is InChI=1S/C25H26BrN3O6/c1-15-4-5-18(10-16(15)2)29-25(32)19(24(31)27-29)11-17-12-20(26)23(21(13-17)33-3)35-14-22(30)28-6-8-34-9-7-28/h4-5,10-13H,6-9,14H2,1-3H3,(H,27,31). The van der Waals surface area contributed by atoms with Crippen LogP contribution in [0.2, 0.25) is 0 Å². The number of carbonyl (C=O) groups is 3. The minimum Gasteiger partial charge on any atom is -0.493 e. The van der Waals surface area contributed by atoms with Crippen molar-refractivity contribution < 1.29 is 28.6 Å². The Labute approximate surface area is 211 Å². The third-order valence-corrected chi connectivity index (χ3v) is 6.50. The minimum absolute atomic E-state index is 0.00616. The molecule has 2 aliphatic rings. The number of methoxy groups -OCH3 is 1. The zero-order chi connectivity index (χ0) is 25.1. The molecule has 0 bridgehead atoms. The van der Waals surface area contributed by atoms with E-state index in [1.807, 2.05) is 26.0 Å². The zero-order valence-corrected chi connectivity index (χ0v) is 21.3. The summed E-state index contributed by atoms with van der Waals surface area (Å²) in [5.74, 6) is -0.384. The number of benzene rings is 2. The number of halogens is 1. The normalized spacial score (nSPS) is 17.1. The number of nitrogens with zero attached hydrogens (tertiary/aromatic N) is 2. The van der Waals surface area contributed by atoms with E-state index >= 15 is 0 Å². The number of hydrogen-bond donors (Lipinski definition) is 1. The maximum absolute atomic E-state index is 13.0. The van der Waals surface area contributed by atoms with Gasteiger partial charge in [0, 0.05) is 13.1 Å². The number of amides is 3. The van der Waals surface area contributed by atoms with Gasteiger partial charge in [-0.05, 0) is 76.8 Å². The van der Waals surface area contributed by atoms with Gasteiger partial charge in [0.25, 0.3) is 17.7 Å². The number of ether oxygens (including phenoxy) is 3. The molecule has 0 aliphatic carbocycles. The molecule has 0 spiro atoms. The molecule has 0 radical (unpaired) electrons. The molecular formula is C25H26BrN3O6. The van der Waals surface area contributed by atoms with Gasteiger partial charge in [-0.25, -0.2) is 5.01 Å². The highest BCUT2D eigenvalue weighted by Gasteiger charge is 2.34. The van der Waals surface area contributed by atoms with Crippen molar-refractivity contribution in [3.05, 3.63) is 57.1 Å². The smallest absolute Gasteiger partial charge is 0.282 e. The first-order valence-corrected chi connectivity index (χ1v) is 11.9. The monoisotopic (exact) mass is 543 g/mol. The Hall–Kier alpha value is -3.37. The second-order valence-corrected chi connectivity index (χ2v) is 9.08. The number of hydrogen-bond acceptors (Lipinski definition) is 6. The van der Waals surface area contributed by atoms with Gasteiger partial charge in [0.1, 0.15) is 5.57 Å². The number of morpholine rings is 1. The highest BCUT2D eigenvalue weighted by molar-refractivity contribution is 9.10. The van der Waals surface area contributed by atoms with E-state index in [9.17, 15) is 14.4 Å². The fraction of sp³-hybridized carbons (Fsp3) is 0.320. The van der Waals surface area contributed by atoms with Crippen molar-refractivity contribution in [3.63, 3.8) is 0 Å². The van der Waals surface area contributed by atoms with Gasteiger partial charge < -0.3 is 19.1 Å². The lowest BCUT2D eigenvalue weighted by Crippen LogP contribution is -2.43. The van der Waals surface area contributed by atoms with Crippen molar-refractivity contribution >= 4 is 45.4 Å². The summed E-state index contributed by atoms with van der Waals surface area (Å²) < 4.78 is 17.0. The van der Waals surface area contributed by atoms with Crippen LogP contribution in [-0.4, -0.2) is 62.6 Å². The number of rotatable bonds is 6. The summed E-state index contributed by atoms with van der Waals surface area (Å²) in [7, 11) is 1.48. The lowest BCUT2D eigenvalue weighted by molar-refractivity contribution is -0.137. The number of carbonyl (C=O) groups excluding carboxylic acids is 3. The van der Waals surface area contributed by atoms with Gasteiger partial charge in [-0.15, -0.1) is 0 Å². The van der Waals surface area contributed by atoms with E-state index in [1.165, 1.54) is 18.2 Å². The molecule has 3 amide bonds. The third-order valence-electron chi connectivity index (χ3n) is 5.91. The zero-order valence-electron chi connectivity index (χ0n) is 19.7. The van der Waals surface area contributed by atoms with Gasteiger partial charge >= 0.3 is 0 Å². The molecule has 9 nitrogen and oxygen atoms in total. The predicted molar refractivity (Wildman–Crippen MR) is 133 cm³/mol. The number of anilines is 1. The van der Waals surface area contributed by atoms with Gasteiger partial charge in [-0.2, -0.15) is 0 Å². The van der Waals surface area contributed by atoms with Crippen molar-refractivity contribution in [3.8, 4) is 11.5 Å². The van der Waals surface area contributed by atoms with E-state index < -0.39 is 11.8 Å². The first-order valence-electron chi connectivity index (χ1n) is 11.1. The number of aryl methyl sites for hydroxylation is 2. The van der Waals surface area contributed by atoms with Crippen molar-refractivity contribution in [2.24, 2.45) is 0 Å². The molecule has 0 aromatic heterocycles. The Bertz CT molecular complexity index is 1210. The largest absolute Gasteiger partial charge is 0.493 e. The van der Waals surface area contributed by atoms with Crippen molar-refractivity contribution in [1.82, 2.24) is 10.3 Å². The van der Waals surface area contributed by atoms with Crippen LogP contribution < -0.4 is 19.9 Å². The van der Waals surface area contributed by atoms with Crippen LogP contribution >= 0.6 is 15.9 Å². The quantitative estimate of drug-likeness (QED) is 0.444. The summed E-state index contributed by atoms with van der Waals surface area (Å²) in [5.41, 5.74) is 5.85. The lowest BCUT2D eigenvalue weighted by atomic mass is 10.1. The summed E-state index contributed by atoms with van der Waals surface area (Å²) in [6, 6.07) is 8.87. The average Bonchev–Trinajstić information content (AvgIpc) is 3.13. The van der Waals surface area contributed by atoms with Crippen LogP contribution in [0.1, 0.15) is 16.7 Å². The van der Waals surface area contributed by atoms with Crippen LogP contribution in [0.25, 0.3) is 6.08 Å². The maximum Gasteiger partial charge on any atom is 0.282 e. The maximum atomic E-state index is 13.0. The van der Waals surface area contributed by atoms with E-state index in [1.54, 1.807) is 23.1 Å². The molecule has 2 heterocycles. The van der Waals surface area contributed by atoms with E-state index in [4.69, 9.17) is 14.2 Å². The molecule has 2 aromatic carbocycles. The molecule has 4 rings (SSSR count). The van der Waals surface area contributed by atoms with Crippen LogP contribution in [0, 0.1) is 13.8 Å². The summed E-state index contributed by atoms with van der Waals surface area (Å²) in [6.07, 6.45) is 1.49. The first kappa shape index (κ1) is 24.7. The van der Waals surface area contributed by atoms with E-state index in [0.29, 0.717) is 53.5 Å². The van der Waals surface area contributed by atoms with Crippen LogP contribution in [0.4, 0.5) is 5.69 Å². The first-order chi connectivity index (χ1) is 16.8. The van der Waals surface area contributed by atoms with Gasteiger partial charge in [-0.1, -0.05) is 6.07 Å². The van der Waals surface area contributed by atoms with Gasteiger partial charge in [0.05, 0.1) is 30.5 Å². The minimum atomic E-state index is -0.500. The van der Waals surface area contributed by atoms with Crippen LogP contribution in [0.5, 0.6) is 11.5 Å². The van der Waals surface area contributed by atoms with E-state index in [-0.39, 0.29) is 18.1 Å². The summed E-state index contributed by atoms with van der Waals surface area (Å²) >= 11 is 3.45. The fourth-order valence-electron chi connectivity index (χ4n) is 3.77. The van der Waals surface area contributed by atoms with Crippen LogP contribution in [0.3, 0.4) is 0 Å². The highest BCUT2D eigenvalue weighted by Crippen LogP contribution is 2.37. The van der Waals surface area contributed by atoms with Crippen LogP contribution in [-0.2, 0) is 19.1 Å². The Balaban J connectivity index is 1.53. The van der Waals surface area contributed by atoms with Gasteiger partial charge in [-0.3, -0.25) is 19.8 Å². The van der Waals surface area contributed by atoms with E-state index in [2.05, 4.69) is 21.4 Å². The molecule has 10 heteroatoms. The van der Waals surface area contributed by atoms with Crippen molar-refractivity contribution in [1.29, 1.82) is 0 Å². The highest BCUT2D eigenvalue weighted by atomic mass is 79.9. The molecular weight excluding hydrogens is 518 g/mol. The molecule has 1 N–H and O–H groups in total. The Morgan fingerprint density at radius 3 is 2.57 bits per heavy atom. The average molecular weight is 544 g/mol. The molecule has 2 saturated heterocycles. The van der Waals surface area contributed by atoms with Crippen molar-refractivity contribution in [2.45, 2.75) is 13.8 Å². The third kappa shape index (κ3) is 5.33. The van der Waals surface area contributed by atoms with Crippen LogP contribution in [0.15, 0.2) is 40.4 Å². The molecule has 35 heavy (non-hydrogen) atoms. The van der Waals surface area contributed by atoms with Gasteiger partial charge in [0.2, 0.25) is 0 Å². The Kier molecular flexibility index (Phi) is 7.42. The van der Waals surface area contributed by atoms with Crippen molar-refractivity contribution in [2.75, 3.05) is 45.0 Å². The lowest BCUT2D eigenvalue weighted by Gasteiger charge is -2.27. The summed E-state index contributed by atoms with van der Waals surface area (Å²) in [4.78, 5) is 39.7.